The Kier molecular flexibility index (Phi) is 2.62. The molecule has 3 nitrogen and oxygen atoms in total. The lowest BCUT2D eigenvalue weighted by molar-refractivity contribution is 0.404. The summed E-state index contributed by atoms with van der Waals surface area (Å²) in [5.74, 6) is 0.563. The number of rotatable bonds is 2. The van der Waals surface area contributed by atoms with Crippen molar-refractivity contribution < 1.29 is 8.95 Å². The number of hydrogen-bond donors (Lipinski definition) is 1. The summed E-state index contributed by atoms with van der Waals surface area (Å²) in [6.45, 7) is 0. The van der Waals surface area contributed by atoms with Crippen LogP contribution in [-0.2, 0) is 11.0 Å². The van der Waals surface area contributed by atoms with Crippen LogP contribution in [0.4, 0.5) is 0 Å². The highest BCUT2D eigenvalue weighted by atomic mass is 32.2. The van der Waals surface area contributed by atoms with Gasteiger partial charge in [-0.25, -0.2) is 9.35 Å². The smallest absolute Gasteiger partial charge is 0.136 e. The van der Waals surface area contributed by atoms with Crippen molar-refractivity contribution in [1.29, 1.82) is 0 Å². The molecule has 0 radical (unpaired) electrons. The Labute approximate surface area is 67.8 Å². The normalized spacial score (nSPS) is 12.5. The van der Waals surface area contributed by atoms with Crippen LogP contribution in [-0.4, -0.2) is 11.3 Å². The summed E-state index contributed by atoms with van der Waals surface area (Å²) >= 11 is 0. The molecule has 0 bridgehead atoms. The first kappa shape index (κ1) is 8.23. The topological polar surface area (TPSA) is 52.3 Å². The summed E-state index contributed by atoms with van der Waals surface area (Å²) in [4.78, 5) is 0.523. The van der Waals surface area contributed by atoms with Crippen LogP contribution in [0.15, 0.2) is 29.2 Å². The molecule has 0 saturated carbocycles. The van der Waals surface area contributed by atoms with Gasteiger partial charge in [0, 0.05) is 0 Å². The molecule has 4 heteroatoms. The molecular formula is C7H9NO2S. The summed E-state index contributed by atoms with van der Waals surface area (Å²) in [6, 6.07) is 6.97. The predicted molar refractivity (Wildman–Crippen MR) is 43.6 cm³/mol. The zero-order valence-corrected chi connectivity index (χ0v) is 6.93. The molecule has 0 saturated heterocycles. The van der Waals surface area contributed by atoms with Crippen molar-refractivity contribution in [1.82, 2.24) is 0 Å². The van der Waals surface area contributed by atoms with E-state index in [4.69, 9.17) is 9.88 Å². The predicted octanol–water partition coefficient (Wildman–Crippen LogP) is 0.677. The molecule has 60 valence electrons. The molecule has 1 atom stereocenters. The molecule has 0 heterocycles. The van der Waals surface area contributed by atoms with Crippen LogP contribution in [0.2, 0.25) is 0 Å². The van der Waals surface area contributed by atoms with Gasteiger partial charge in [-0.05, 0) is 12.1 Å². The van der Waals surface area contributed by atoms with E-state index in [1.807, 2.05) is 0 Å². The van der Waals surface area contributed by atoms with Gasteiger partial charge in [0.2, 0.25) is 0 Å². The Hall–Kier alpha value is -0.870. The molecule has 0 spiro atoms. The third-order valence-corrected chi connectivity index (χ3v) is 2.06. The largest absolute Gasteiger partial charge is 0.495 e. The van der Waals surface area contributed by atoms with Gasteiger partial charge < -0.3 is 4.74 Å². The standard InChI is InChI=1S/C7H9NO2S/c1-10-6-4-2-3-5-7(6)11(8)9/h2-5H,8H2,1H3. The Bertz CT molecular complexity index is 275. The highest BCUT2D eigenvalue weighted by Gasteiger charge is 2.03. The quantitative estimate of drug-likeness (QED) is 0.711. The fraction of sp³-hybridized carbons (Fsp3) is 0.143. The molecule has 1 rings (SSSR count). The third kappa shape index (κ3) is 1.78. The molecule has 2 N–H and O–H groups in total. The summed E-state index contributed by atoms with van der Waals surface area (Å²) < 4.78 is 15.8. The van der Waals surface area contributed by atoms with Crippen molar-refractivity contribution >= 4 is 11.0 Å². The zero-order valence-electron chi connectivity index (χ0n) is 6.11. The molecule has 0 amide bonds. The molecule has 11 heavy (non-hydrogen) atoms. The van der Waals surface area contributed by atoms with Crippen LogP contribution in [0.25, 0.3) is 0 Å². The Morgan fingerprint density at radius 3 is 2.55 bits per heavy atom. The van der Waals surface area contributed by atoms with Crippen molar-refractivity contribution in [2.75, 3.05) is 7.11 Å². The maximum Gasteiger partial charge on any atom is 0.136 e. The summed E-state index contributed by atoms with van der Waals surface area (Å²) in [6.07, 6.45) is 0. The van der Waals surface area contributed by atoms with Crippen LogP contribution in [0.1, 0.15) is 0 Å². The minimum absolute atomic E-state index is 0.523. The maximum atomic E-state index is 10.8. The van der Waals surface area contributed by atoms with E-state index in [-0.39, 0.29) is 0 Å². The van der Waals surface area contributed by atoms with E-state index in [0.29, 0.717) is 10.6 Å². The van der Waals surface area contributed by atoms with Gasteiger partial charge in [0.1, 0.15) is 16.7 Å². The first-order chi connectivity index (χ1) is 5.25. The van der Waals surface area contributed by atoms with E-state index >= 15 is 0 Å². The highest BCUT2D eigenvalue weighted by Crippen LogP contribution is 2.18. The van der Waals surface area contributed by atoms with Gasteiger partial charge in [-0.1, -0.05) is 12.1 Å². The number of hydrogen-bond acceptors (Lipinski definition) is 2. The molecule has 0 aliphatic carbocycles. The molecule has 0 aromatic heterocycles. The SMILES string of the molecule is COc1ccccc1S(N)=O. The second-order valence-corrected chi connectivity index (χ2v) is 2.98. The second kappa shape index (κ2) is 3.50. The molecule has 0 fully saturated rings. The van der Waals surface area contributed by atoms with E-state index in [0.717, 1.165) is 0 Å². The summed E-state index contributed by atoms with van der Waals surface area (Å²) in [5, 5.41) is 5.18. The van der Waals surface area contributed by atoms with E-state index in [1.165, 1.54) is 7.11 Å². The lowest BCUT2D eigenvalue weighted by atomic mass is 10.3. The van der Waals surface area contributed by atoms with Gasteiger partial charge in [-0.15, -0.1) is 0 Å². The Morgan fingerprint density at radius 1 is 1.45 bits per heavy atom. The van der Waals surface area contributed by atoms with Crippen molar-refractivity contribution in [2.45, 2.75) is 4.90 Å². The van der Waals surface area contributed by atoms with Crippen molar-refractivity contribution in [3.63, 3.8) is 0 Å². The van der Waals surface area contributed by atoms with Crippen LogP contribution in [0, 0.1) is 0 Å². The van der Waals surface area contributed by atoms with Gasteiger partial charge in [0.05, 0.1) is 12.0 Å². The lowest BCUT2D eigenvalue weighted by Crippen LogP contribution is -2.04. The van der Waals surface area contributed by atoms with Gasteiger partial charge in [0.25, 0.3) is 0 Å². The first-order valence-electron chi connectivity index (χ1n) is 3.05. The van der Waals surface area contributed by atoms with Crippen molar-refractivity contribution in [3.05, 3.63) is 24.3 Å². The van der Waals surface area contributed by atoms with Crippen LogP contribution in [0.3, 0.4) is 0 Å². The van der Waals surface area contributed by atoms with E-state index in [1.54, 1.807) is 24.3 Å². The highest BCUT2D eigenvalue weighted by molar-refractivity contribution is 7.82. The average molecular weight is 171 g/mol. The van der Waals surface area contributed by atoms with Gasteiger partial charge in [-0.3, -0.25) is 0 Å². The fourth-order valence-corrected chi connectivity index (χ4v) is 1.35. The molecule has 1 unspecified atom stereocenters. The summed E-state index contributed by atoms with van der Waals surface area (Å²) in [7, 11) is 0.0542. The first-order valence-corrected chi connectivity index (χ1v) is 4.26. The molecule has 1 aromatic carbocycles. The van der Waals surface area contributed by atoms with E-state index in [2.05, 4.69) is 0 Å². The third-order valence-electron chi connectivity index (χ3n) is 1.29. The number of ether oxygens (including phenoxy) is 1. The number of benzene rings is 1. The fourth-order valence-electron chi connectivity index (χ4n) is 0.785. The lowest BCUT2D eigenvalue weighted by Gasteiger charge is -2.03. The molecular weight excluding hydrogens is 162 g/mol. The molecule has 1 aromatic rings. The minimum atomic E-state index is -1.47. The van der Waals surface area contributed by atoms with Gasteiger partial charge in [-0.2, -0.15) is 0 Å². The zero-order chi connectivity index (χ0) is 8.27. The molecule has 0 aliphatic heterocycles. The van der Waals surface area contributed by atoms with Crippen molar-refractivity contribution in [2.24, 2.45) is 5.14 Å². The summed E-state index contributed by atoms with van der Waals surface area (Å²) in [5.41, 5.74) is 0. The van der Waals surface area contributed by atoms with E-state index < -0.39 is 11.0 Å². The minimum Gasteiger partial charge on any atom is -0.495 e. The maximum absolute atomic E-state index is 10.8. The van der Waals surface area contributed by atoms with Crippen LogP contribution >= 0.6 is 0 Å². The van der Waals surface area contributed by atoms with E-state index in [9.17, 15) is 4.21 Å². The Morgan fingerprint density at radius 2 is 2.09 bits per heavy atom. The van der Waals surface area contributed by atoms with Crippen molar-refractivity contribution in [3.8, 4) is 5.75 Å². The monoisotopic (exact) mass is 171 g/mol. The van der Waals surface area contributed by atoms with Crippen LogP contribution < -0.4 is 9.88 Å². The van der Waals surface area contributed by atoms with Crippen LogP contribution in [0.5, 0.6) is 5.75 Å². The molecule has 0 aliphatic rings. The number of methoxy groups -OCH3 is 1. The number of para-hydroxylation sites is 1. The van der Waals surface area contributed by atoms with Gasteiger partial charge >= 0.3 is 0 Å². The van der Waals surface area contributed by atoms with Gasteiger partial charge in [0.15, 0.2) is 0 Å². The Balaban J connectivity index is 3.12. The average Bonchev–Trinajstić information content (AvgIpc) is 2.04. The number of nitrogens with two attached hydrogens (primary N) is 1. The second-order valence-electron chi connectivity index (χ2n) is 1.95.